The first-order valence-electron chi connectivity index (χ1n) is 5.97. The standard InChI is InChI=1S/C15H13NS/c1-2-4-12-10(3-1)7-11-5-6-14-13(15(11)12)8-17-9-16-14/h1-7,14,16H,8-9H2. The Bertz CT molecular complexity index is 580. The Labute approximate surface area is 105 Å². The Kier molecular flexibility index (Phi) is 2.08. The summed E-state index contributed by atoms with van der Waals surface area (Å²) in [6.45, 7) is 0. The van der Waals surface area contributed by atoms with Crippen LogP contribution in [0.25, 0.3) is 11.6 Å². The van der Waals surface area contributed by atoms with E-state index in [-0.39, 0.29) is 0 Å². The monoisotopic (exact) mass is 239 g/mol. The van der Waals surface area contributed by atoms with Gasteiger partial charge in [0.15, 0.2) is 0 Å². The minimum Gasteiger partial charge on any atom is -0.298 e. The zero-order valence-corrected chi connectivity index (χ0v) is 10.3. The number of fused-ring (bicyclic) bond motifs is 4. The summed E-state index contributed by atoms with van der Waals surface area (Å²) in [4.78, 5) is 0. The molecule has 84 valence electrons. The second-order valence-electron chi connectivity index (χ2n) is 4.62. The van der Waals surface area contributed by atoms with E-state index in [9.17, 15) is 0 Å². The van der Waals surface area contributed by atoms with E-state index in [1.165, 1.54) is 22.3 Å². The molecule has 2 heteroatoms. The van der Waals surface area contributed by atoms with Crippen LogP contribution in [0.3, 0.4) is 0 Å². The number of hydrogen-bond acceptors (Lipinski definition) is 2. The Morgan fingerprint density at radius 3 is 3.18 bits per heavy atom. The Hall–Kier alpha value is -1.25. The smallest absolute Gasteiger partial charge is 0.0492 e. The SMILES string of the molecule is C1=CC2NCSCC2=C2C1=Cc1ccccc12. The molecule has 1 saturated heterocycles. The van der Waals surface area contributed by atoms with Gasteiger partial charge >= 0.3 is 0 Å². The molecule has 1 nitrogen and oxygen atoms in total. The van der Waals surface area contributed by atoms with Gasteiger partial charge in [-0.25, -0.2) is 0 Å². The molecule has 1 unspecified atom stereocenters. The fourth-order valence-electron chi connectivity index (χ4n) is 2.87. The summed E-state index contributed by atoms with van der Waals surface area (Å²) in [5.41, 5.74) is 7.21. The average Bonchev–Trinajstić information content (AvgIpc) is 2.77. The topological polar surface area (TPSA) is 12.0 Å². The number of rotatable bonds is 0. The summed E-state index contributed by atoms with van der Waals surface area (Å²) in [6, 6.07) is 9.17. The molecule has 0 bridgehead atoms. The first-order valence-corrected chi connectivity index (χ1v) is 7.13. The lowest BCUT2D eigenvalue weighted by Gasteiger charge is -2.29. The predicted molar refractivity (Wildman–Crippen MR) is 74.7 cm³/mol. The van der Waals surface area contributed by atoms with Crippen LogP contribution in [-0.4, -0.2) is 17.7 Å². The summed E-state index contributed by atoms with van der Waals surface area (Å²) in [5, 5.41) is 3.56. The molecule has 0 saturated carbocycles. The molecule has 1 aromatic rings. The largest absolute Gasteiger partial charge is 0.298 e. The first kappa shape index (κ1) is 9.75. The molecule has 1 N–H and O–H groups in total. The number of allylic oxidation sites excluding steroid dienone is 3. The van der Waals surface area contributed by atoms with E-state index in [0.717, 1.165) is 11.6 Å². The molecule has 0 radical (unpaired) electrons. The molecule has 4 rings (SSSR count). The average molecular weight is 239 g/mol. The van der Waals surface area contributed by atoms with Gasteiger partial charge in [0.25, 0.3) is 0 Å². The molecule has 1 fully saturated rings. The van der Waals surface area contributed by atoms with Gasteiger partial charge in [-0.05, 0) is 33.9 Å². The predicted octanol–water partition coefficient (Wildman–Crippen LogP) is 3.07. The molecule has 3 aliphatic rings. The lowest BCUT2D eigenvalue weighted by Crippen LogP contribution is -2.35. The minimum absolute atomic E-state index is 0.453. The molecular formula is C15H13NS. The van der Waals surface area contributed by atoms with Crippen molar-refractivity contribution < 1.29 is 0 Å². The van der Waals surface area contributed by atoms with Crippen LogP contribution in [0.2, 0.25) is 0 Å². The van der Waals surface area contributed by atoms with Crippen molar-refractivity contribution in [1.29, 1.82) is 0 Å². The minimum atomic E-state index is 0.453. The molecule has 1 atom stereocenters. The van der Waals surface area contributed by atoms with Gasteiger partial charge in [-0.2, -0.15) is 0 Å². The lowest BCUT2D eigenvalue weighted by molar-refractivity contribution is 0.721. The molecule has 0 spiro atoms. The van der Waals surface area contributed by atoms with Crippen LogP contribution in [0.1, 0.15) is 11.1 Å². The second kappa shape index (κ2) is 3.62. The lowest BCUT2D eigenvalue weighted by atomic mass is 9.89. The number of nitrogens with one attached hydrogen (secondary N) is 1. The maximum atomic E-state index is 3.56. The number of thioether (sulfide) groups is 1. The zero-order chi connectivity index (χ0) is 11.2. The quantitative estimate of drug-likeness (QED) is 0.746. The van der Waals surface area contributed by atoms with Crippen LogP contribution in [0, 0.1) is 0 Å². The van der Waals surface area contributed by atoms with Crippen molar-refractivity contribution in [2.24, 2.45) is 0 Å². The van der Waals surface area contributed by atoms with Gasteiger partial charge in [-0.3, -0.25) is 5.32 Å². The fourth-order valence-corrected chi connectivity index (χ4v) is 3.81. The molecular weight excluding hydrogens is 226 g/mol. The third-order valence-electron chi connectivity index (χ3n) is 3.66. The van der Waals surface area contributed by atoms with E-state index in [4.69, 9.17) is 0 Å². The molecule has 17 heavy (non-hydrogen) atoms. The highest BCUT2D eigenvalue weighted by Crippen LogP contribution is 2.43. The third-order valence-corrected chi connectivity index (χ3v) is 4.54. The Morgan fingerprint density at radius 1 is 1.24 bits per heavy atom. The van der Waals surface area contributed by atoms with E-state index < -0.39 is 0 Å². The summed E-state index contributed by atoms with van der Waals surface area (Å²) in [5.74, 6) is 2.22. The molecule has 1 aliphatic heterocycles. The van der Waals surface area contributed by atoms with Gasteiger partial charge < -0.3 is 0 Å². The fraction of sp³-hybridized carbons (Fsp3) is 0.200. The van der Waals surface area contributed by atoms with E-state index in [1.807, 2.05) is 11.8 Å². The van der Waals surface area contributed by atoms with Gasteiger partial charge in [-0.1, -0.05) is 36.4 Å². The van der Waals surface area contributed by atoms with Gasteiger partial charge in [0, 0.05) is 17.7 Å². The van der Waals surface area contributed by atoms with E-state index in [1.54, 1.807) is 5.57 Å². The Balaban J connectivity index is 1.95. The van der Waals surface area contributed by atoms with Crippen LogP contribution in [-0.2, 0) is 0 Å². The van der Waals surface area contributed by atoms with Crippen molar-refractivity contribution in [1.82, 2.24) is 5.32 Å². The first-order chi connectivity index (χ1) is 8.43. The van der Waals surface area contributed by atoms with Crippen LogP contribution >= 0.6 is 11.8 Å². The van der Waals surface area contributed by atoms with E-state index >= 15 is 0 Å². The van der Waals surface area contributed by atoms with Gasteiger partial charge in [-0.15, -0.1) is 11.8 Å². The molecule has 1 aromatic carbocycles. The third kappa shape index (κ3) is 1.38. The summed E-state index contributed by atoms with van der Waals surface area (Å²) in [7, 11) is 0. The van der Waals surface area contributed by atoms with Crippen molar-refractivity contribution in [2.75, 3.05) is 11.6 Å². The van der Waals surface area contributed by atoms with Crippen molar-refractivity contribution >= 4 is 23.4 Å². The summed E-state index contributed by atoms with van der Waals surface area (Å²) >= 11 is 1.97. The molecule has 2 aliphatic carbocycles. The highest BCUT2D eigenvalue weighted by Gasteiger charge is 2.28. The van der Waals surface area contributed by atoms with E-state index in [2.05, 4.69) is 47.8 Å². The molecule has 0 aromatic heterocycles. The van der Waals surface area contributed by atoms with Crippen molar-refractivity contribution in [2.45, 2.75) is 6.04 Å². The normalized spacial score (nSPS) is 25.2. The Morgan fingerprint density at radius 2 is 2.18 bits per heavy atom. The van der Waals surface area contributed by atoms with Crippen LogP contribution in [0.5, 0.6) is 0 Å². The van der Waals surface area contributed by atoms with Gasteiger partial charge in [0.1, 0.15) is 0 Å². The maximum Gasteiger partial charge on any atom is 0.0492 e. The zero-order valence-electron chi connectivity index (χ0n) is 9.44. The second-order valence-corrected chi connectivity index (χ2v) is 5.61. The van der Waals surface area contributed by atoms with Crippen molar-refractivity contribution in [3.8, 4) is 0 Å². The van der Waals surface area contributed by atoms with Crippen molar-refractivity contribution in [3.63, 3.8) is 0 Å². The summed E-state index contributed by atoms with van der Waals surface area (Å²) in [6.07, 6.45) is 6.88. The number of hydrogen-bond donors (Lipinski definition) is 1. The van der Waals surface area contributed by atoms with Gasteiger partial charge in [0.2, 0.25) is 0 Å². The van der Waals surface area contributed by atoms with E-state index in [0.29, 0.717) is 6.04 Å². The van der Waals surface area contributed by atoms with Gasteiger partial charge in [0.05, 0.1) is 0 Å². The highest BCUT2D eigenvalue weighted by atomic mass is 32.2. The number of benzene rings is 1. The molecule has 0 amide bonds. The van der Waals surface area contributed by atoms with Crippen LogP contribution in [0.4, 0.5) is 0 Å². The maximum absolute atomic E-state index is 3.56. The van der Waals surface area contributed by atoms with Crippen molar-refractivity contribution in [3.05, 3.63) is 58.7 Å². The van der Waals surface area contributed by atoms with Crippen LogP contribution in [0.15, 0.2) is 47.6 Å². The molecule has 1 heterocycles. The highest BCUT2D eigenvalue weighted by molar-refractivity contribution is 7.99. The van der Waals surface area contributed by atoms with Crippen LogP contribution < -0.4 is 5.32 Å². The summed E-state index contributed by atoms with van der Waals surface area (Å²) < 4.78 is 0.